The van der Waals surface area contributed by atoms with E-state index >= 15 is 0 Å². The number of amides is 1. The number of fused-ring (bicyclic) bond motifs is 2. The molecule has 2 aliphatic rings. The van der Waals surface area contributed by atoms with Crippen LogP contribution in [0.25, 0.3) is 0 Å². The summed E-state index contributed by atoms with van der Waals surface area (Å²) in [6.45, 7) is 5.29. The van der Waals surface area contributed by atoms with Crippen LogP contribution in [0.5, 0.6) is 0 Å². The largest absolute Gasteiger partial charge is 0.396 e. The van der Waals surface area contributed by atoms with E-state index in [0.717, 1.165) is 31.7 Å². The number of carbonyl (C=O) groups excluding carboxylic acids is 1. The van der Waals surface area contributed by atoms with E-state index in [-0.39, 0.29) is 23.8 Å². The number of aliphatic hydroxyl groups is 1. The second kappa shape index (κ2) is 5.60. The second-order valence-corrected chi connectivity index (χ2v) is 6.99. The molecular weight excluding hydrogens is 226 g/mol. The summed E-state index contributed by atoms with van der Waals surface area (Å²) in [5.41, 5.74) is 0.0933. The number of nitrogens with one attached hydrogen (secondary N) is 1. The van der Waals surface area contributed by atoms with Crippen LogP contribution in [-0.4, -0.2) is 24.2 Å². The Morgan fingerprint density at radius 3 is 2.67 bits per heavy atom. The summed E-state index contributed by atoms with van der Waals surface area (Å²) in [5.74, 6) is 2.06. The predicted octanol–water partition coefficient (Wildman–Crippen LogP) is 2.34. The van der Waals surface area contributed by atoms with E-state index in [9.17, 15) is 4.79 Å². The SMILES string of the molecule is CC(C)(CCCO)CNC(=O)C1CC2CCC1C2. The molecule has 18 heavy (non-hydrogen) atoms. The molecule has 0 saturated heterocycles. The quantitative estimate of drug-likeness (QED) is 0.763. The zero-order valence-electron chi connectivity index (χ0n) is 11.7. The molecule has 2 rings (SSSR count). The van der Waals surface area contributed by atoms with Crippen LogP contribution >= 0.6 is 0 Å². The van der Waals surface area contributed by atoms with Gasteiger partial charge in [-0.25, -0.2) is 0 Å². The Kier molecular flexibility index (Phi) is 4.31. The molecule has 0 aliphatic heterocycles. The normalized spacial score (nSPS) is 30.7. The molecule has 0 aromatic rings. The van der Waals surface area contributed by atoms with Crippen LogP contribution in [-0.2, 0) is 4.79 Å². The van der Waals surface area contributed by atoms with E-state index < -0.39 is 0 Å². The number of aliphatic hydroxyl groups excluding tert-OH is 1. The topological polar surface area (TPSA) is 49.3 Å². The minimum Gasteiger partial charge on any atom is -0.396 e. The molecule has 3 atom stereocenters. The van der Waals surface area contributed by atoms with Gasteiger partial charge in [-0.15, -0.1) is 0 Å². The molecule has 2 aliphatic carbocycles. The van der Waals surface area contributed by atoms with Crippen molar-refractivity contribution in [3.05, 3.63) is 0 Å². The van der Waals surface area contributed by atoms with Crippen molar-refractivity contribution >= 4 is 5.91 Å². The summed E-state index contributed by atoms with van der Waals surface area (Å²) in [7, 11) is 0. The lowest BCUT2D eigenvalue weighted by Crippen LogP contribution is -2.39. The Bertz CT molecular complexity index is 301. The van der Waals surface area contributed by atoms with Gasteiger partial charge in [-0.3, -0.25) is 4.79 Å². The molecule has 0 aromatic carbocycles. The molecule has 0 spiro atoms. The van der Waals surface area contributed by atoms with Crippen LogP contribution in [0.2, 0.25) is 0 Å². The third-order valence-corrected chi connectivity index (χ3v) is 4.83. The van der Waals surface area contributed by atoms with Gasteiger partial charge in [-0.1, -0.05) is 20.3 Å². The highest BCUT2D eigenvalue weighted by molar-refractivity contribution is 5.79. The van der Waals surface area contributed by atoms with E-state index in [2.05, 4.69) is 19.2 Å². The lowest BCUT2D eigenvalue weighted by molar-refractivity contribution is -0.127. The third-order valence-electron chi connectivity index (χ3n) is 4.83. The van der Waals surface area contributed by atoms with Gasteiger partial charge in [-0.05, 0) is 49.4 Å². The predicted molar refractivity (Wildman–Crippen MR) is 72.0 cm³/mol. The van der Waals surface area contributed by atoms with Crippen molar-refractivity contribution in [2.75, 3.05) is 13.2 Å². The first-order valence-corrected chi connectivity index (χ1v) is 7.40. The first-order chi connectivity index (χ1) is 8.52. The molecule has 2 bridgehead atoms. The molecule has 3 unspecified atom stereocenters. The number of rotatable bonds is 6. The van der Waals surface area contributed by atoms with E-state index in [4.69, 9.17) is 5.11 Å². The summed E-state index contributed by atoms with van der Waals surface area (Å²) in [6, 6.07) is 0. The van der Waals surface area contributed by atoms with Crippen molar-refractivity contribution in [2.45, 2.75) is 52.4 Å². The van der Waals surface area contributed by atoms with Crippen LogP contribution < -0.4 is 5.32 Å². The van der Waals surface area contributed by atoms with Gasteiger partial charge in [0.2, 0.25) is 5.91 Å². The fourth-order valence-corrected chi connectivity index (χ4v) is 3.67. The molecule has 2 N–H and O–H groups in total. The number of hydrogen-bond acceptors (Lipinski definition) is 2. The Balaban J connectivity index is 1.74. The smallest absolute Gasteiger partial charge is 0.223 e. The van der Waals surface area contributed by atoms with Gasteiger partial charge in [0.05, 0.1) is 0 Å². The maximum Gasteiger partial charge on any atom is 0.223 e. The van der Waals surface area contributed by atoms with Crippen LogP contribution in [0.4, 0.5) is 0 Å². The van der Waals surface area contributed by atoms with E-state index in [1.165, 1.54) is 19.3 Å². The van der Waals surface area contributed by atoms with E-state index in [1.807, 2.05) is 0 Å². The van der Waals surface area contributed by atoms with Crippen LogP contribution in [0, 0.1) is 23.2 Å². The molecule has 0 radical (unpaired) electrons. The maximum absolute atomic E-state index is 12.2. The Hall–Kier alpha value is -0.570. The van der Waals surface area contributed by atoms with Crippen molar-refractivity contribution in [1.29, 1.82) is 0 Å². The lowest BCUT2D eigenvalue weighted by Gasteiger charge is -2.27. The van der Waals surface area contributed by atoms with Gasteiger partial charge in [0.15, 0.2) is 0 Å². The van der Waals surface area contributed by atoms with Crippen LogP contribution in [0.1, 0.15) is 52.4 Å². The standard InChI is InChI=1S/C15H27NO2/c1-15(2,6-3-7-17)10-16-14(18)13-9-11-4-5-12(13)8-11/h11-13,17H,3-10H2,1-2H3,(H,16,18). The van der Waals surface area contributed by atoms with Gasteiger partial charge >= 0.3 is 0 Å². The Morgan fingerprint density at radius 1 is 1.33 bits per heavy atom. The van der Waals surface area contributed by atoms with E-state index in [0.29, 0.717) is 5.92 Å². The van der Waals surface area contributed by atoms with Crippen LogP contribution in [0.15, 0.2) is 0 Å². The second-order valence-electron chi connectivity index (χ2n) is 6.99. The molecule has 1 amide bonds. The minimum atomic E-state index is 0.0933. The average Bonchev–Trinajstić information content (AvgIpc) is 2.96. The zero-order valence-corrected chi connectivity index (χ0v) is 11.7. The fourth-order valence-electron chi connectivity index (χ4n) is 3.67. The Labute approximate surface area is 110 Å². The minimum absolute atomic E-state index is 0.0933. The summed E-state index contributed by atoms with van der Waals surface area (Å²) >= 11 is 0. The summed E-state index contributed by atoms with van der Waals surface area (Å²) in [5, 5.41) is 12.0. The third kappa shape index (κ3) is 3.25. The molecule has 2 fully saturated rings. The van der Waals surface area contributed by atoms with Gasteiger partial charge < -0.3 is 10.4 Å². The maximum atomic E-state index is 12.2. The first kappa shape index (κ1) is 13.9. The molecule has 0 heterocycles. The number of carbonyl (C=O) groups is 1. The van der Waals surface area contributed by atoms with Crippen molar-refractivity contribution < 1.29 is 9.90 Å². The van der Waals surface area contributed by atoms with Crippen molar-refractivity contribution in [2.24, 2.45) is 23.2 Å². The van der Waals surface area contributed by atoms with Gasteiger partial charge in [-0.2, -0.15) is 0 Å². The monoisotopic (exact) mass is 253 g/mol. The molecule has 3 heteroatoms. The zero-order chi connectivity index (χ0) is 13.2. The molecule has 0 aromatic heterocycles. The highest BCUT2D eigenvalue weighted by Gasteiger charge is 2.43. The Morgan fingerprint density at radius 2 is 2.11 bits per heavy atom. The van der Waals surface area contributed by atoms with Crippen molar-refractivity contribution in [3.63, 3.8) is 0 Å². The number of hydrogen-bond donors (Lipinski definition) is 2. The average molecular weight is 253 g/mol. The fraction of sp³-hybridized carbons (Fsp3) is 0.933. The highest BCUT2D eigenvalue weighted by Crippen LogP contribution is 2.48. The van der Waals surface area contributed by atoms with E-state index in [1.54, 1.807) is 0 Å². The van der Waals surface area contributed by atoms with Crippen molar-refractivity contribution in [1.82, 2.24) is 5.32 Å². The molecule has 104 valence electrons. The van der Waals surface area contributed by atoms with Crippen LogP contribution in [0.3, 0.4) is 0 Å². The summed E-state index contributed by atoms with van der Waals surface area (Å²) in [6.07, 6.45) is 6.78. The molecule has 2 saturated carbocycles. The van der Waals surface area contributed by atoms with Gasteiger partial charge in [0, 0.05) is 19.1 Å². The summed E-state index contributed by atoms with van der Waals surface area (Å²) < 4.78 is 0. The van der Waals surface area contributed by atoms with Gasteiger partial charge in [0.1, 0.15) is 0 Å². The molecule has 3 nitrogen and oxygen atoms in total. The molecular formula is C15H27NO2. The van der Waals surface area contributed by atoms with Gasteiger partial charge in [0.25, 0.3) is 0 Å². The first-order valence-electron chi connectivity index (χ1n) is 7.40. The van der Waals surface area contributed by atoms with Crippen molar-refractivity contribution in [3.8, 4) is 0 Å². The summed E-state index contributed by atoms with van der Waals surface area (Å²) in [4.78, 5) is 12.2. The highest BCUT2D eigenvalue weighted by atomic mass is 16.2. The lowest BCUT2D eigenvalue weighted by atomic mass is 9.86.